The number of nitrogens with one attached hydrogen (secondary N) is 1. The van der Waals surface area contributed by atoms with E-state index >= 15 is 0 Å². The van der Waals surface area contributed by atoms with Crippen molar-refractivity contribution in [1.29, 1.82) is 0 Å². The van der Waals surface area contributed by atoms with E-state index in [4.69, 9.17) is 5.84 Å². The van der Waals surface area contributed by atoms with Gasteiger partial charge in [-0.15, -0.1) is 0 Å². The van der Waals surface area contributed by atoms with Crippen LogP contribution in [0.15, 0.2) is 24.3 Å². The third-order valence-corrected chi connectivity index (χ3v) is 3.28. The Bertz CT molecular complexity index is 355. The number of hydrazine groups is 1. The van der Waals surface area contributed by atoms with Gasteiger partial charge in [0, 0.05) is 5.75 Å². The number of halogens is 3. The Balaban J connectivity index is 2.89. The Morgan fingerprint density at radius 2 is 2.12 bits per heavy atom. The van der Waals surface area contributed by atoms with Crippen LogP contribution in [0.2, 0.25) is 0 Å². The molecule has 1 unspecified atom stereocenters. The van der Waals surface area contributed by atoms with E-state index in [1.165, 1.54) is 6.07 Å². The van der Waals surface area contributed by atoms with Crippen LogP contribution in [0.1, 0.15) is 24.1 Å². The van der Waals surface area contributed by atoms with Crippen molar-refractivity contribution < 1.29 is 13.2 Å². The second kappa shape index (κ2) is 6.28. The van der Waals surface area contributed by atoms with Gasteiger partial charge in [-0.3, -0.25) is 11.3 Å². The molecule has 0 radical (unpaired) electrons. The van der Waals surface area contributed by atoms with Crippen LogP contribution in [0.4, 0.5) is 13.2 Å². The zero-order chi connectivity index (χ0) is 12.9. The highest BCUT2D eigenvalue weighted by Crippen LogP contribution is 2.31. The Morgan fingerprint density at radius 3 is 2.65 bits per heavy atom. The monoisotopic (exact) mass is 264 g/mol. The zero-order valence-corrected chi connectivity index (χ0v) is 10.2. The minimum Gasteiger partial charge on any atom is -0.271 e. The molecule has 0 fully saturated rings. The van der Waals surface area contributed by atoms with Crippen molar-refractivity contribution in [3.05, 3.63) is 35.4 Å². The molecule has 17 heavy (non-hydrogen) atoms. The fraction of sp³-hybridized carbons (Fsp3) is 0.455. The van der Waals surface area contributed by atoms with E-state index in [0.29, 0.717) is 11.3 Å². The lowest BCUT2D eigenvalue weighted by molar-refractivity contribution is -0.137. The first-order valence-electron chi connectivity index (χ1n) is 5.20. The highest BCUT2D eigenvalue weighted by molar-refractivity contribution is 7.99. The number of hydrogen-bond acceptors (Lipinski definition) is 3. The molecule has 6 heteroatoms. The van der Waals surface area contributed by atoms with Gasteiger partial charge in [-0.25, -0.2) is 0 Å². The summed E-state index contributed by atoms with van der Waals surface area (Å²) in [4.78, 5) is 0. The number of rotatable bonds is 5. The van der Waals surface area contributed by atoms with Gasteiger partial charge in [-0.2, -0.15) is 24.9 Å². The topological polar surface area (TPSA) is 38.0 Å². The third kappa shape index (κ3) is 4.22. The molecule has 0 aromatic heterocycles. The highest BCUT2D eigenvalue weighted by Gasteiger charge is 2.30. The number of nitrogens with two attached hydrogens (primary N) is 1. The molecule has 0 aliphatic carbocycles. The Labute approximate surface area is 103 Å². The van der Waals surface area contributed by atoms with Crippen molar-refractivity contribution in [2.24, 2.45) is 5.84 Å². The summed E-state index contributed by atoms with van der Waals surface area (Å²) >= 11 is 1.63. The minimum absolute atomic E-state index is 0.262. The lowest BCUT2D eigenvalue weighted by Crippen LogP contribution is -2.30. The molecule has 1 atom stereocenters. The standard InChI is InChI=1S/C11H15F3N2S/c1-2-17-7-10(16-15)8-4-3-5-9(6-8)11(12,13)14/h3-6,10,16H,2,7,15H2,1H3. The molecule has 1 aromatic carbocycles. The van der Waals surface area contributed by atoms with Gasteiger partial charge in [0.15, 0.2) is 0 Å². The molecule has 0 heterocycles. The molecule has 3 N–H and O–H groups in total. The van der Waals surface area contributed by atoms with E-state index in [1.54, 1.807) is 17.8 Å². The summed E-state index contributed by atoms with van der Waals surface area (Å²) in [6.07, 6.45) is -4.31. The average molecular weight is 264 g/mol. The zero-order valence-electron chi connectivity index (χ0n) is 9.42. The molecule has 2 nitrogen and oxygen atoms in total. The van der Waals surface area contributed by atoms with Crippen molar-refractivity contribution in [3.8, 4) is 0 Å². The van der Waals surface area contributed by atoms with Gasteiger partial charge in [0.2, 0.25) is 0 Å². The van der Waals surface area contributed by atoms with Gasteiger partial charge in [-0.1, -0.05) is 19.1 Å². The lowest BCUT2D eigenvalue weighted by Gasteiger charge is -2.17. The Hall–Kier alpha value is -0.720. The first kappa shape index (κ1) is 14.3. The smallest absolute Gasteiger partial charge is 0.271 e. The molecule has 1 rings (SSSR count). The minimum atomic E-state index is -4.31. The summed E-state index contributed by atoms with van der Waals surface area (Å²) in [6, 6.07) is 4.99. The fourth-order valence-corrected chi connectivity index (χ4v) is 2.17. The number of thioether (sulfide) groups is 1. The maximum Gasteiger partial charge on any atom is 0.416 e. The normalized spacial score (nSPS) is 13.7. The second-order valence-corrected chi connectivity index (χ2v) is 4.82. The molecule has 0 aliphatic rings. The van der Waals surface area contributed by atoms with Gasteiger partial charge in [0.1, 0.15) is 0 Å². The molecule has 0 saturated carbocycles. The number of alkyl halides is 3. The molecular formula is C11H15F3N2S. The molecule has 1 aromatic rings. The largest absolute Gasteiger partial charge is 0.416 e. The first-order chi connectivity index (χ1) is 7.99. The van der Waals surface area contributed by atoms with Crippen molar-refractivity contribution in [1.82, 2.24) is 5.43 Å². The summed E-state index contributed by atoms with van der Waals surface area (Å²) < 4.78 is 37.6. The third-order valence-electron chi connectivity index (χ3n) is 2.31. The summed E-state index contributed by atoms with van der Waals surface area (Å²) in [5.74, 6) is 6.91. The van der Waals surface area contributed by atoms with Crippen LogP contribution < -0.4 is 11.3 Å². The molecule has 0 aliphatic heterocycles. The van der Waals surface area contributed by atoms with Gasteiger partial charge >= 0.3 is 6.18 Å². The molecular weight excluding hydrogens is 249 g/mol. The van der Waals surface area contributed by atoms with E-state index in [-0.39, 0.29) is 6.04 Å². The highest BCUT2D eigenvalue weighted by atomic mass is 32.2. The van der Waals surface area contributed by atoms with E-state index < -0.39 is 11.7 Å². The summed E-state index contributed by atoms with van der Waals surface area (Å²) in [5, 5.41) is 0. The van der Waals surface area contributed by atoms with E-state index in [2.05, 4.69) is 5.43 Å². The fourth-order valence-electron chi connectivity index (χ4n) is 1.41. The molecule has 0 saturated heterocycles. The summed E-state index contributed by atoms with van der Waals surface area (Å²) in [6.45, 7) is 1.99. The first-order valence-corrected chi connectivity index (χ1v) is 6.35. The van der Waals surface area contributed by atoms with E-state index in [9.17, 15) is 13.2 Å². The van der Waals surface area contributed by atoms with Crippen LogP contribution in [-0.2, 0) is 6.18 Å². The van der Waals surface area contributed by atoms with Gasteiger partial charge in [0.25, 0.3) is 0 Å². The van der Waals surface area contributed by atoms with Gasteiger partial charge in [0.05, 0.1) is 11.6 Å². The molecule has 96 valence electrons. The van der Waals surface area contributed by atoms with Crippen molar-refractivity contribution in [3.63, 3.8) is 0 Å². The SMILES string of the molecule is CCSCC(NN)c1cccc(C(F)(F)F)c1. The van der Waals surface area contributed by atoms with Crippen LogP contribution in [0, 0.1) is 0 Å². The van der Waals surface area contributed by atoms with Crippen LogP contribution in [0.5, 0.6) is 0 Å². The molecule has 0 bridgehead atoms. The second-order valence-electron chi connectivity index (χ2n) is 3.50. The van der Waals surface area contributed by atoms with Crippen molar-refractivity contribution >= 4 is 11.8 Å². The molecule has 0 spiro atoms. The van der Waals surface area contributed by atoms with E-state index in [1.807, 2.05) is 6.92 Å². The lowest BCUT2D eigenvalue weighted by atomic mass is 10.1. The predicted molar refractivity (Wildman–Crippen MR) is 64.5 cm³/mol. The summed E-state index contributed by atoms with van der Waals surface area (Å²) in [5.41, 5.74) is 2.46. The predicted octanol–water partition coefficient (Wildman–Crippen LogP) is 2.96. The average Bonchev–Trinajstić information content (AvgIpc) is 2.29. The van der Waals surface area contributed by atoms with Crippen LogP contribution in [0.25, 0.3) is 0 Å². The number of hydrogen-bond donors (Lipinski definition) is 2. The Morgan fingerprint density at radius 1 is 1.41 bits per heavy atom. The van der Waals surface area contributed by atoms with Gasteiger partial charge < -0.3 is 0 Å². The van der Waals surface area contributed by atoms with Gasteiger partial charge in [-0.05, 0) is 23.4 Å². The van der Waals surface area contributed by atoms with Crippen molar-refractivity contribution in [2.45, 2.75) is 19.1 Å². The number of benzene rings is 1. The van der Waals surface area contributed by atoms with E-state index in [0.717, 1.165) is 17.9 Å². The Kier molecular flexibility index (Phi) is 5.30. The maximum atomic E-state index is 12.5. The van der Waals surface area contributed by atoms with Crippen LogP contribution in [0.3, 0.4) is 0 Å². The van der Waals surface area contributed by atoms with Crippen molar-refractivity contribution in [2.75, 3.05) is 11.5 Å². The quantitative estimate of drug-likeness (QED) is 0.634. The van der Waals surface area contributed by atoms with Crippen LogP contribution in [-0.4, -0.2) is 11.5 Å². The summed E-state index contributed by atoms with van der Waals surface area (Å²) in [7, 11) is 0. The van der Waals surface area contributed by atoms with Crippen LogP contribution >= 0.6 is 11.8 Å². The maximum absolute atomic E-state index is 12.5. The molecule has 0 amide bonds.